The fourth-order valence-electron chi connectivity index (χ4n) is 4.09. The first kappa shape index (κ1) is 20.6. The largest absolute Gasteiger partial charge is 0.377 e. The number of rotatable bonds is 4. The van der Waals surface area contributed by atoms with Crippen molar-refractivity contribution >= 4 is 22.6 Å². The summed E-state index contributed by atoms with van der Waals surface area (Å²) >= 11 is 0. The van der Waals surface area contributed by atoms with E-state index in [2.05, 4.69) is 49.2 Å². The van der Waals surface area contributed by atoms with Crippen molar-refractivity contribution in [3.63, 3.8) is 0 Å². The van der Waals surface area contributed by atoms with Crippen molar-refractivity contribution in [3.05, 3.63) is 30.1 Å². The fraction of sp³-hybridized carbons (Fsp3) is 0.455. The minimum Gasteiger partial charge on any atom is -0.377 e. The highest BCUT2D eigenvalue weighted by Crippen LogP contribution is 2.26. The van der Waals surface area contributed by atoms with Gasteiger partial charge in [0.1, 0.15) is 5.82 Å². The summed E-state index contributed by atoms with van der Waals surface area (Å²) in [6, 6.07) is 3.97. The number of H-pyrrole nitrogens is 1. The normalized spacial score (nSPS) is 19.7. The molecule has 0 saturated carbocycles. The van der Waals surface area contributed by atoms with E-state index in [0.29, 0.717) is 31.2 Å². The number of aromatic nitrogens is 5. The van der Waals surface area contributed by atoms with Crippen LogP contribution in [0.4, 0.5) is 5.82 Å². The highest BCUT2D eigenvalue weighted by Gasteiger charge is 2.23. The van der Waals surface area contributed by atoms with Crippen molar-refractivity contribution in [2.24, 2.45) is 0 Å². The highest BCUT2D eigenvalue weighted by molar-refractivity contribution is 5.98. The van der Waals surface area contributed by atoms with Crippen LogP contribution in [0.5, 0.6) is 0 Å². The molecule has 10 heteroatoms. The Hall–Kier alpha value is -3.26. The summed E-state index contributed by atoms with van der Waals surface area (Å²) in [5, 5.41) is 15.6. The van der Waals surface area contributed by atoms with Gasteiger partial charge in [0, 0.05) is 50.6 Å². The number of fused-ring (bicyclic) bond motifs is 1. The first-order valence-corrected chi connectivity index (χ1v) is 10.9. The van der Waals surface area contributed by atoms with Crippen molar-refractivity contribution in [1.29, 1.82) is 0 Å². The molecule has 0 radical (unpaired) electrons. The number of pyridine rings is 1. The second-order valence-electron chi connectivity index (χ2n) is 8.07. The van der Waals surface area contributed by atoms with Gasteiger partial charge in [0.25, 0.3) is 0 Å². The topological polar surface area (TPSA) is 104 Å². The molecular formula is C22H26N8O2. The molecule has 1 atom stereocenters. The van der Waals surface area contributed by atoms with E-state index in [0.717, 1.165) is 49.5 Å². The maximum Gasteiger partial charge on any atom is 0.219 e. The quantitative estimate of drug-likeness (QED) is 0.561. The zero-order valence-electron chi connectivity index (χ0n) is 18.0. The van der Waals surface area contributed by atoms with E-state index in [9.17, 15) is 4.79 Å². The van der Waals surface area contributed by atoms with Gasteiger partial charge in [-0.3, -0.25) is 14.8 Å². The molecule has 0 aliphatic carbocycles. The Morgan fingerprint density at radius 2 is 2.16 bits per heavy atom. The molecular weight excluding hydrogens is 408 g/mol. The lowest BCUT2D eigenvalue weighted by atomic mass is 10.1. The molecule has 5 rings (SSSR count). The Morgan fingerprint density at radius 1 is 1.28 bits per heavy atom. The third kappa shape index (κ3) is 4.23. The van der Waals surface area contributed by atoms with E-state index in [4.69, 9.17) is 9.72 Å². The number of hydrogen-bond donors (Lipinski definition) is 2. The average molecular weight is 435 g/mol. The average Bonchev–Trinajstić information content (AvgIpc) is 3.48. The number of hydrogen-bond acceptors (Lipinski definition) is 8. The highest BCUT2D eigenvalue weighted by atomic mass is 16.5. The Bertz CT molecular complexity index is 1150. The number of ketones is 1. The molecule has 2 N–H and O–H groups in total. The maximum atomic E-state index is 12.5. The van der Waals surface area contributed by atoms with Crippen LogP contribution in [0.1, 0.15) is 12.5 Å². The zero-order chi connectivity index (χ0) is 21.9. The van der Waals surface area contributed by atoms with Crippen LogP contribution in [0.2, 0.25) is 0 Å². The van der Waals surface area contributed by atoms with Crippen LogP contribution >= 0.6 is 0 Å². The first-order chi connectivity index (χ1) is 15.7. The van der Waals surface area contributed by atoms with Gasteiger partial charge >= 0.3 is 0 Å². The Kier molecular flexibility index (Phi) is 5.85. The molecule has 2 aliphatic rings. The number of nitrogens with zero attached hydrogens (tertiary/aromatic N) is 6. The van der Waals surface area contributed by atoms with Gasteiger partial charge < -0.3 is 15.0 Å². The molecule has 3 aromatic heterocycles. The second-order valence-corrected chi connectivity index (χ2v) is 8.07. The van der Waals surface area contributed by atoms with Crippen LogP contribution in [0.3, 0.4) is 0 Å². The summed E-state index contributed by atoms with van der Waals surface area (Å²) in [4.78, 5) is 21.8. The smallest absolute Gasteiger partial charge is 0.219 e. The molecule has 0 aromatic carbocycles. The number of Topliss-reactive ketones (excluding diaryl/α,β-unsaturated/α-hetero) is 1. The second kappa shape index (κ2) is 9.08. The van der Waals surface area contributed by atoms with Gasteiger partial charge in [0.15, 0.2) is 11.5 Å². The van der Waals surface area contributed by atoms with Crippen LogP contribution in [-0.2, 0) is 9.53 Å². The third-order valence-corrected chi connectivity index (χ3v) is 5.81. The molecule has 3 aromatic rings. The van der Waals surface area contributed by atoms with Crippen LogP contribution in [0.15, 0.2) is 24.5 Å². The summed E-state index contributed by atoms with van der Waals surface area (Å²) in [5.41, 5.74) is 1.39. The van der Waals surface area contributed by atoms with Gasteiger partial charge in [-0.1, -0.05) is 5.92 Å². The molecule has 2 saturated heterocycles. The SMILES string of the molecule is C[C@@H]1COCCN1c1cc(C#CC(=O)CN2CCNCC2)c2cnn(-c3cc[nH]n3)c2n1. The molecule has 2 fully saturated rings. The summed E-state index contributed by atoms with van der Waals surface area (Å²) in [5.74, 6) is 7.31. The first-order valence-electron chi connectivity index (χ1n) is 10.9. The Labute approximate surface area is 185 Å². The predicted octanol–water partition coefficient (Wildman–Crippen LogP) is 0.195. The van der Waals surface area contributed by atoms with Crippen LogP contribution in [-0.4, -0.2) is 94.2 Å². The van der Waals surface area contributed by atoms with E-state index in [1.54, 1.807) is 17.1 Å². The molecule has 0 unspecified atom stereocenters. The number of morpholine rings is 1. The van der Waals surface area contributed by atoms with Gasteiger partial charge in [0.05, 0.1) is 37.4 Å². The minimum absolute atomic E-state index is 0.0853. The summed E-state index contributed by atoms with van der Waals surface area (Å²) in [6.07, 6.45) is 3.47. The molecule has 166 valence electrons. The van der Waals surface area contributed by atoms with Gasteiger partial charge in [-0.25, -0.2) is 4.98 Å². The van der Waals surface area contributed by atoms with Gasteiger partial charge in [-0.05, 0) is 18.9 Å². The summed E-state index contributed by atoms with van der Waals surface area (Å²) in [6.45, 7) is 8.02. The number of carbonyl (C=O) groups excluding carboxylic acids is 1. The minimum atomic E-state index is -0.0853. The molecule has 10 nitrogen and oxygen atoms in total. The van der Waals surface area contributed by atoms with E-state index < -0.39 is 0 Å². The summed E-state index contributed by atoms with van der Waals surface area (Å²) < 4.78 is 7.28. The van der Waals surface area contributed by atoms with Crippen molar-refractivity contribution < 1.29 is 9.53 Å². The lowest BCUT2D eigenvalue weighted by Crippen LogP contribution is -2.45. The van der Waals surface area contributed by atoms with Crippen LogP contribution in [0.25, 0.3) is 16.9 Å². The fourth-order valence-corrected chi connectivity index (χ4v) is 4.09. The predicted molar refractivity (Wildman–Crippen MR) is 120 cm³/mol. The van der Waals surface area contributed by atoms with E-state index in [1.807, 2.05) is 12.1 Å². The summed E-state index contributed by atoms with van der Waals surface area (Å²) in [7, 11) is 0. The number of anilines is 1. The van der Waals surface area contributed by atoms with Crippen molar-refractivity contribution in [1.82, 2.24) is 35.2 Å². The van der Waals surface area contributed by atoms with Gasteiger partial charge in [-0.15, -0.1) is 0 Å². The van der Waals surface area contributed by atoms with E-state index >= 15 is 0 Å². The maximum absolute atomic E-state index is 12.5. The third-order valence-electron chi connectivity index (χ3n) is 5.81. The Morgan fingerprint density at radius 3 is 2.94 bits per heavy atom. The van der Waals surface area contributed by atoms with Gasteiger partial charge in [-0.2, -0.15) is 14.9 Å². The molecule has 5 heterocycles. The van der Waals surface area contributed by atoms with Crippen LogP contribution in [0, 0.1) is 11.8 Å². The van der Waals surface area contributed by atoms with E-state index in [-0.39, 0.29) is 11.8 Å². The van der Waals surface area contributed by atoms with Crippen molar-refractivity contribution in [3.8, 4) is 17.7 Å². The number of piperazine rings is 1. The zero-order valence-corrected chi connectivity index (χ0v) is 18.0. The molecule has 2 aliphatic heterocycles. The molecule has 0 amide bonds. The molecule has 0 bridgehead atoms. The lowest BCUT2D eigenvalue weighted by molar-refractivity contribution is -0.115. The van der Waals surface area contributed by atoms with E-state index in [1.165, 1.54) is 0 Å². The number of ether oxygens (including phenoxy) is 1. The number of nitrogens with one attached hydrogen (secondary N) is 2. The Balaban J connectivity index is 1.51. The standard InChI is InChI=1S/C22H26N8O2/c1-16-15-32-11-10-29(16)21-12-17(2-3-18(31)14-28-8-6-23-7-9-28)19-13-25-30(22(19)26-21)20-4-5-24-27-20/h4-5,12-13,16,23H,6-11,14-15H2,1H3,(H,24,27)/t16-/m1/s1. The van der Waals surface area contributed by atoms with Crippen molar-refractivity contribution in [2.75, 3.05) is 57.4 Å². The van der Waals surface area contributed by atoms with Crippen LogP contribution < -0.4 is 10.2 Å². The monoisotopic (exact) mass is 434 g/mol. The van der Waals surface area contributed by atoms with Gasteiger partial charge in [0.2, 0.25) is 5.78 Å². The van der Waals surface area contributed by atoms with Crippen molar-refractivity contribution in [2.45, 2.75) is 13.0 Å². The molecule has 0 spiro atoms. The lowest BCUT2D eigenvalue weighted by Gasteiger charge is -2.34. The molecule has 32 heavy (non-hydrogen) atoms. The number of aromatic amines is 1. The number of carbonyl (C=O) groups is 1.